The Hall–Kier alpha value is -2.70. The fourth-order valence-corrected chi connectivity index (χ4v) is 2.85. The number of hydrogen-bond acceptors (Lipinski definition) is 6. The van der Waals surface area contributed by atoms with Crippen molar-refractivity contribution in [1.82, 2.24) is 20.3 Å². The van der Waals surface area contributed by atoms with Gasteiger partial charge in [-0.2, -0.15) is 0 Å². The molecule has 0 spiro atoms. The van der Waals surface area contributed by atoms with E-state index in [1.54, 1.807) is 12.4 Å². The summed E-state index contributed by atoms with van der Waals surface area (Å²) in [5, 5.41) is 2.94. The molecule has 1 aliphatic heterocycles. The second kappa shape index (κ2) is 6.60. The van der Waals surface area contributed by atoms with E-state index in [4.69, 9.17) is 5.73 Å². The Morgan fingerprint density at radius 1 is 1.39 bits per heavy atom. The first-order chi connectivity index (χ1) is 11.1. The molecule has 1 fully saturated rings. The molecule has 3 rings (SSSR count). The summed E-state index contributed by atoms with van der Waals surface area (Å²) in [6.45, 7) is 3.93. The van der Waals surface area contributed by atoms with Gasteiger partial charge in [-0.1, -0.05) is 13.0 Å². The van der Waals surface area contributed by atoms with Crippen LogP contribution in [0.2, 0.25) is 0 Å². The lowest BCUT2D eigenvalue weighted by molar-refractivity contribution is -0.125. The molecule has 0 aliphatic carbocycles. The van der Waals surface area contributed by atoms with Gasteiger partial charge in [-0.15, -0.1) is 0 Å². The van der Waals surface area contributed by atoms with Gasteiger partial charge in [-0.3, -0.25) is 4.79 Å². The molecule has 3 heterocycles. The number of amides is 1. The number of nitrogens with one attached hydrogen (secondary N) is 1. The van der Waals surface area contributed by atoms with Crippen LogP contribution in [-0.4, -0.2) is 33.9 Å². The number of nitrogen functional groups attached to an aromatic ring is 1. The van der Waals surface area contributed by atoms with Crippen molar-refractivity contribution in [2.75, 3.05) is 23.7 Å². The number of aromatic nitrogens is 3. The molecule has 0 bridgehead atoms. The number of rotatable bonds is 4. The summed E-state index contributed by atoms with van der Waals surface area (Å²) in [6.07, 6.45) is 4.79. The molecule has 23 heavy (non-hydrogen) atoms. The molecule has 1 aliphatic rings. The summed E-state index contributed by atoms with van der Waals surface area (Å²) in [7, 11) is 0. The number of anilines is 2. The number of carbonyl (C=O) groups excluding carboxylic acids is 1. The average molecular weight is 312 g/mol. The zero-order valence-corrected chi connectivity index (χ0v) is 13.0. The van der Waals surface area contributed by atoms with E-state index in [9.17, 15) is 4.79 Å². The summed E-state index contributed by atoms with van der Waals surface area (Å²) < 4.78 is 0. The van der Waals surface area contributed by atoms with Crippen molar-refractivity contribution in [3.05, 3.63) is 42.5 Å². The monoisotopic (exact) mass is 312 g/mol. The topological polar surface area (TPSA) is 97.0 Å². The highest BCUT2D eigenvalue weighted by molar-refractivity contribution is 5.80. The van der Waals surface area contributed by atoms with E-state index >= 15 is 0 Å². The van der Waals surface area contributed by atoms with Crippen molar-refractivity contribution >= 4 is 17.5 Å². The minimum atomic E-state index is -0.0668. The van der Waals surface area contributed by atoms with Crippen LogP contribution in [0.5, 0.6) is 0 Å². The first kappa shape index (κ1) is 15.2. The molecule has 0 aromatic carbocycles. The van der Waals surface area contributed by atoms with Crippen molar-refractivity contribution in [3.8, 4) is 0 Å². The van der Waals surface area contributed by atoms with Crippen LogP contribution in [-0.2, 0) is 11.3 Å². The highest BCUT2D eigenvalue weighted by atomic mass is 16.1. The van der Waals surface area contributed by atoms with Crippen molar-refractivity contribution in [1.29, 1.82) is 0 Å². The van der Waals surface area contributed by atoms with Crippen molar-refractivity contribution in [3.63, 3.8) is 0 Å². The van der Waals surface area contributed by atoms with Gasteiger partial charge in [0, 0.05) is 37.6 Å². The molecule has 0 unspecified atom stereocenters. The fourth-order valence-electron chi connectivity index (χ4n) is 2.85. The zero-order valence-electron chi connectivity index (χ0n) is 13.0. The summed E-state index contributed by atoms with van der Waals surface area (Å²) in [5.74, 6) is 1.54. The van der Waals surface area contributed by atoms with Gasteiger partial charge < -0.3 is 16.0 Å². The van der Waals surface area contributed by atoms with Crippen LogP contribution in [0.1, 0.15) is 12.5 Å². The number of nitrogens with two attached hydrogens (primary N) is 1. The second-order valence-electron chi connectivity index (χ2n) is 5.83. The van der Waals surface area contributed by atoms with Crippen LogP contribution >= 0.6 is 0 Å². The minimum Gasteiger partial charge on any atom is -0.383 e. The third-order valence-corrected chi connectivity index (χ3v) is 4.20. The molecule has 2 atom stereocenters. The highest BCUT2D eigenvalue weighted by Gasteiger charge is 2.35. The molecule has 1 amide bonds. The number of carbonyl (C=O) groups is 1. The Morgan fingerprint density at radius 3 is 3.00 bits per heavy atom. The molecule has 0 radical (unpaired) electrons. The van der Waals surface area contributed by atoms with E-state index in [0.717, 1.165) is 17.9 Å². The zero-order chi connectivity index (χ0) is 16.2. The fraction of sp³-hybridized carbons (Fsp3) is 0.375. The summed E-state index contributed by atoms with van der Waals surface area (Å²) in [6, 6.07) is 5.81. The predicted octanol–water partition coefficient (Wildman–Crippen LogP) is 0.842. The maximum absolute atomic E-state index is 12.5. The number of hydrogen-bond donors (Lipinski definition) is 2. The smallest absolute Gasteiger partial charge is 0.225 e. The van der Waals surface area contributed by atoms with Crippen LogP contribution in [0.4, 0.5) is 11.6 Å². The lowest BCUT2D eigenvalue weighted by Crippen LogP contribution is -2.34. The minimum absolute atomic E-state index is 0.0270. The Kier molecular flexibility index (Phi) is 4.36. The number of nitrogens with zero attached hydrogens (tertiary/aromatic N) is 4. The molecule has 1 saturated heterocycles. The van der Waals surface area contributed by atoms with Gasteiger partial charge in [0.05, 0.1) is 5.92 Å². The van der Waals surface area contributed by atoms with Gasteiger partial charge in [0.2, 0.25) is 5.91 Å². The van der Waals surface area contributed by atoms with Gasteiger partial charge in [0.25, 0.3) is 0 Å². The van der Waals surface area contributed by atoms with E-state index in [1.165, 1.54) is 6.33 Å². The molecular weight excluding hydrogens is 292 g/mol. The van der Waals surface area contributed by atoms with Gasteiger partial charge in [-0.05, 0) is 18.1 Å². The van der Waals surface area contributed by atoms with Crippen molar-refractivity contribution < 1.29 is 4.79 Å². The van der Waals surface area contributed by atoms with E-state index in [0.29, 0.717) is 18.9 Å². The first-order valence-electron chi connectivity index (χ1n) is 7.63. The number of pyridine rings is 1. The van der Waals surface area contributed by atoms with Crippen LogP contribution in [0.3, 0.4) is 0 Å². The van der Waals surface area contributed by atoms with Crippen molar-refractivity contribution in [2.24, 2.45) is 11.8 Å². The van der Waals surface area contributed by atoms with Crippen LogP contribution < -0.4 is 16.0 Å². The Balaban J connectivity index is 1.61. The van der Waals surface area contributed by atoms with Crippen LogP contribution in [0, 0.1) is 11.8 Å². The Labute approximate surface area is 135 Å². The summed E-state index contributed by atoms with van der Waals surface area (Å²) >= 11 is 0. The van der Waals surface area contributed by atoms with Crippen molar-refractivity contribution in [2.45, 2.75) is 13.5 Å². The van der Waals surface area contributed by atoms with Gasteiger partial charge in [-0.25, -0.2) is 15.0 Å². The van der Waals surface area contributed by atoms with Gasteiger partial charge in [0.15, 0.2) is 0 Å². The van der Waals surface area contributed by atoms with E-state index in [2.05, 4.69) is 32.1 Å². The lowest BCUT2D eigenvalue weighted by atomic mass is 9.97. The summed E-state index contributed by atoms with van der Waals surface area (Å²) in [4.78, 5) is 26.8. The Morgan fingerprint density at radius 2 is 2.26 bits per heavy atom. The maximum atomic E-state index is 12.5. The van der Waals surface area contributed by atoms with Gasteiger partial charge in [0.1, 0.15) is 18.0 Å². The lowest BCUT2D eigenvalue weighted by Gasteiger charge is -2.17. The third-order valence-electron chi connectivity index (χ3n) is 4.20. The molecule has 7 nitrogen and oxygen atoms in total. The highest BCUT2D eigenvalue weighted by Crippen LogP contribution is 2.26. The molecule has 2 aromatic rings. The largest absolute Gasteiger partial charge is 0.383 e. The van der Waals surface area contributed by atoms with E-state index in [1.807, 2.05) is 18.2 Å². The quantitative estimate of drug-likeness (QED) is 0.868. The van der Waals surface area contributed by atoms with Gasteiger partial charge >= 0.3 is 0 Å². The SMILES string of the molecule is C[C@@H]1CN(c2ccccn2)C[C@H]1C(=O)NCc1cncnc1N. The standard InChI is InChI=1S/C16H20N6O/c1-11-8-22(14-4-2-3-5-19-14)9-13(11)16(23)20-7-12-6-18-10-21-15(12)17/h2-6,10-11,13H,7-9H2,1H3,(H,20,23)(H2,17,18,21)/t11-,13-/m1/s1. The normalized spacial score (nSPS) is 20.5. The molecule has 2 aromatic heterocycles. The molecule has 7 heteroatoms. The first-order valence-corrected chi connectivity index (χ1v) is 7.63. The van der Waals surface area contributed by atoms with Crippen LogP contribution in [0.15, 0.2) is 36.9 Å². The molecule has 120 valence electrons. The van der Waals surface area contributed by atoms with Crippen LogP contribution in [0.25, 0.3) is 0 Å². The molecule has 0 saturated carbocycles. The average Bonchev–Trinajstić information content (AvgIpc) is 2.97. The maximum Gasteiger partial charge on any atom is 0.225 e. The second-order valence-corrected chi connectivity index (χ2v) is 5.83. The van der Waals surface area contributed by atoms with E-state index in [-0.39, 0.29) is 17.7 Å². The molecule has 3 N–H and O–H groups in total. The molecular formula is C16H20N6O. The summed E-state index contributed by atoms with van der Waals surface area (Å²) in [5.41, 5.74) is 6.50. The Bertz CT molecular complexity index is 677. The predicted molar refractivity (Wildman–Crippen MR) is 87.4 cm³/mol. The van der Waals surface area contributed by atoms with E-state index < -0.39 is 0 Å². The third kappa shape index (κ3) is 3.39.